The number of amides is 8. The number of likely N-dealkylation sites (N-methyl/N-ethyl adjacent to an activating group) is 4. The van der Waals surface area contributed by atoms with Crippen LogP contribution < -0.4 is 36.9 Å². The van der Waals surface area contributed by atoms with Gasteiger partial charge in [-0.2, -0.15) is 0 Å². The molecule has 4 aliphatic heterocycles. The van der Waals surface area contributed by atoms with Crippen molar-refractivity contribution in [1.29, 1.82) is 0 Å². The number of ether oxygens (including phenoxy) is 1. The van der Waals surface area contributed by atoms with Gasteiger partial charge in [-0.05, 0) is 38.8 Å². The molecule has 398 valence electrons. The van der Waals surface area contributed by atoms with Crippen LogP contribution in [-0.2, 0) is 32.3 Å². The number of halogens is 4. The van der Waals surface area contributed by atoms with E-state index in [1.54, 1.807) is 13.8 Å². The maximum absolute atomic E-state index is 14.1. The van der Waals surface area contributed by atoms with E-state index < -0.39 is 129 Å². The number of hydrogen-bond donors (Lipinski definition) is 5. The zero-order valence-corrected chi connectivity index (χ0v) is 41.6. The molecule has 0 radical (unpaired) electrons. The third kappa shape index (κ3) is 10.1. The minimum absolute atomic E-state index is 0.0192. The third-order valence-corrected chi connectivity index (χ3v) is 13.2. The van der Waals surface area contributed by atoms with Gasteiger partial charge in [0.1, 0.15) is 34.4 Å². The Labute approximate surface area is 424 Å². The van der Waals surface area contributed by atoms with Crippen LogP contribution in [0.2, 0.25) is 0 Å². The summed E-state index contributed by atoms with van der Waals surface area (Å²) in [5.41, 5.74) is -3.42. The van der Waals surface area contributed by atoms with Gasteiger partial charge in [0.05, 0.1) is 42.7 Å². The van der Waals surface area contributed by atoms with Gasteiger partial charge in [0.25, 0.3) is 23.6 Å². The first-order valence-corrected chi connectivity index (χ1v) is 23.4. The highest BCUT2D eigenvalue weighted by Gasteiger charge is 2.48. The molecule has 26 heteroatoms. The summed E-state index contributed by atoms with van der Waals surface area (Å²) >= 11 is 0. The van der Waals surface area contributed by atoms with E-state index in [-0.39, 0.29) is 72.1 Å². The van der Waals surface area contributed by atoms with Gasteiger partial charge in [-0.3, -0.25) is 47.9 Å². The fourth-order valence-electron chi connectivity index (χ4n) is 9.63. The first kappa shape index (κ1) is 54.2. The van der Waals surface area contributed by atoms with Crippen LogP contribution in [0.5, 0.6) is 11.5 Å². The summed E-state index contributed by atoms with van der Waals surface area (Å²) in [7, 11) is 6.77. The molecule has 4 atom stereocenters. The van der Waals surface area contributed by atoms with Crippen LogP contribution in [0, 0.1) is 23.3 Å². The maximum atomic E-state index is 14.1. The number of methoxy groups -OCH3 is 1. The van der Waals surface area contributed by atoms with Crippen molar-refractivity contribution in [2.75, 3.05) is 61.5 Å². The quantitative estimate of drug-likeness (QED) is 0.105. The third-order valence-electron chi connectivity index (χ3n) is 13.2. The molecule has 2 aromatic heterocycles. The van der Waals surface area contributed by atoms with Gasteiger partial charge >= 0.3 is 23.6 Å². The van der Waals surface area contributed by atoms with Crippen LogP contribution in [0.15, 0.2) is 46.0 Å². The molecule has 0 saturated heterocycles. The Bertz CT molecular complexity index is 3210. The molecule has 0 aliphatic carbocycles. The molecule has 22 nitrogen and oxygen atoms in total. The Morgan fingerprint density at radius 2 is 1.04 bits per heavy atom. The topological polar surface area (TPSA) is 271 Å². The Hall–Kier alpha value is -8.58. The van der Waals surface area contributed by atoms with Crippen molar-refractivity contribution in [2.24, 2.45) is 0 Å². The molecule has 0 spiro atoms. The van der Waals surface area contributed by atoms with Gasteiger partial charge in [-0.25, -0.2) is 17.6 Å². The van der Waals surface area contributed by atoms with Crippen molar-refractivity contribution in [3.63, 3.8) is 0 Å². The zero-order valence-electron chi connectivity index (χ0n) is 41.6. The monoisotopic (exact) mass is 1050 g/mol. The lowest BCUT2D eigenvalue weighted by Gasteiger charge is -2.34. The summed E-state index contributed by atoms with van der Waals surface area (Å²) in [4.78, 5) is 134. The van der Waals surface area contributed by atoms with E-state index in [2.05, 4.69) is 21.3 Å². The van der Waals surface area contributed by atoms with Crippen molar-refractivity contribution in [3.8, 4) is 11.5 Å². The van der Waals surface area contributed by atoms with Crippen molar-refractivity contribution in [2.45, 2.75) is 63.9 Å². The van der Waals surface area contributed by atoms with E-state index in [0.717, 1.165) is 34.1 Å². The fourth-order valence-corrected chi connectivity index (χ4v) is 9.63. The van der Waals surface area contributed by atoms with E-state index >= 15 is 0 Å². The number of carbonyl (C=O) groups is 8. The minimum Gasteiger partial charge on any atom is -0.503 e. The summed E-state index contributed by atoms with van der Waals surface area (Å²) in [6, 6.07) is 2.74. The molecular formula is C49H52F4N10O12. The Balaban J connectivity index is 0.000000219. The second kappa shape index (κ2) is 21.5. The average molecular weight is 1050 g/mol. The van der Waals surface area contributed by atoms with Gasteiger partial charge in [0.15, 0.2) is 22.9 Å². The van der Waals surface area contributed by atoms with Crippen molar-refractivity contribution in [1.82, 2.24) is 50.0 Å². The number of aromatic hydroxyl groups is 1. The summed E-state index contributed by atoms with van der Waals surface area (Å²) < 4.78 is 62.9. The van der Waals surface area contributed by atoms with E-state index in [4.69, 9.17) is 4.74 Å². The van der Waals surface area contributed by atoms with Crippen molar-refractivity contribution < 1.29 is 65.8 Å². The minimum atomic E-state index is -1.15. The normalized spacial score (nSPS) is 17.7. The summed E-state index contributed by atoms with van der Waals surface area (Å²) in [5.74, 6) is -11.3. The van der Waals surface area contributed by atoms with Gasteiger partial charge < -0.3 is 59.8 Å². The van der Waals surface area contributed by atoms with Gasteiger partial charge in [0.2, 0.25) is 10.9 Å². The molecule has 0 fully saturated rings. The first-order valence-electron chi connectivity index (χ1n) is 23.4. The second-order valence-corrected chi connectivity index (χ2v) is 18.3. The summed E-state index contributed by atoms with van der Waals surface area (Å²) in [6.45, 7) is 3.81. The number of carbonyl (C=O) groups excluding carboxylic acids is 8. The number of aromatic nitrogens is 2. The van der Waals surface area contributed by atoms with Crippen LogP contribution in [0.25, 0.3) is 0 Å². The molecule has 8 amide bonds. The maximum Gasteiger partial charge on any atom is 0.311 e. The number of benzene rings is 2. The lowest BCUT2D eigenvalue weighted by atomic mass is 10.0. The van der Waals surface area contributed by atoms with Crippen LogP contribution in [0.3, 0.4) is 0 Å². The highest BCUT2D eigenvalue weighted by Crippen LogP contribution is 2.44. The standard InChI is InChI=1S/C25H27F2N5O6.C24H25F2N5O6/c1-5-31-11-14-9-16(29-23(35)25(37)30(2)3)18-17(20(33)21(38-4)19(24(31)36)32(14)18)22(34)28-10-12-6-7-13(26)8-15(12)27;1-4-30-10-13-8-15(28-22(35)24(37)29(2)3)17-16(19(32)20(33)18(23(30)36)31(13)17)21(34)27-9-11-5-6-12(25)7-14(11)26/h6-8,14,16H,5,9-11H2,1-4H3,(H,28,34)(H,29,35);5-7,13,15,33H,4,8-10H2,1-3H3,(H,27,34)(H,28,35)/t14-,16?;13-,15?/m00/s1. The number of nitrogens with one attached hydrogen (secondary N) is 4. The van der Waals surface area contributed by atoms with Crippen molar-refractivity contribution in [3.05, 3.63) is 125 Å². The number of pyridine rings is 2. The van der Waals surface area contributed by atoms with E-state index in [9.17, 15) is 70.6 Å². The van der Waals surface area contributed by atoms with E-state index in [1.165, 1.54) is 54.2 Å². The predicted molar refractivity (Wildman–Crippen MR) is 254 cm³/mol. The molecule has 4 aliphatic rings. The largest absolute Gasteiger partial charge is 0.503 e. The Morgan fingerprint density at radius 1 is 0.640 bits per heavy atom. The molecule has 8 rings (SSSR count). The van der Waals surface area contributed by atoms with Gasteiger partial charge in [-0.1, -0.05) is 12.1 Å². The van der Waals surface area contributed by atoms with E-state index in [1.807, 2.05) is 0 Å². The summed E-state index contributed by atoms with van der Waals surface area (Å²) in [6.07, 6.45) is 0.335. The SMILES string of the molecule is CCN1C[C@@H]2CC(NC(=O)C(=O)N(C)C)c3c(C(=O)NCc4ccc(F)cc4F)c(=O)c(O)c(n32)C1=O.CCN1C[C@@H]2CC(NC(=O)C(=O)N(C)C)c3c(C(=O)NCc4ccc(F)cc4F)c(=O)c(OC)c(n32)C1=O. The van der Waals surface area contributed by atoms with Gasteiger partial charge in [-0.15, -0.1) is 0 Å². The van der Waals surface area contributed by atoms with Crippen LogP contribution in [0.1, 0.15) is 115 Å². The first-order chi connectivity index (χ1) is 35.4. The molecule has 5 N–H and O–H groups in total. The average Bonchev–Trinajstić information content (AvgIpc) is 3.91. The van der Waals surface area contributed by atoms with E-state index in [0.29, 0.717) is 25.2 Å². The lowest BCUT2D eigenvalue weighted by Crippen LogP contribution is -2.45. The molecule has 2 unspecified atom stereocenters. The molecule has 75 heavy (non-hydrogen) atoms. The zero-order chi connectivity index (χ0) is 55.1. The fraction of sp³-hybridized carbons (Fsp3) is 0.388. The second-order valence-electron chi connectivity index (χ2n) is 18.3. The molecule has 0 saturated carbocycles. The van der Waals surface area contributed by atoms with Crippen molar-refractivity contribution >= 4 is 47.3 Å². The molecule has 0 bridgehead atoms. The molecule has 4 aromatic rings. The van der Waals surface area contributed by atoms with Crippen LogP contribution >= 0.6 is 0 Å². The smallest absolute Gasteiger partial charge is 0.311 e. The molecule has 2 aromatic carbocycles. The highest BCUT2D eigenvalue weighted by atomic mass is 19.1. The predicted octanol–water partition coefficient (Wildman–Crippen LogP) is 1.16. The van der Waals surface area contributed by atoms with Crippen LogP contribution in [0.4, 0.5) is 17.6 Å². The number of nitrogens with zero attached hydrogens (tertiary/aromatic N) is 6. The number of rotatable bonds is 11. The summed E-state index contributed by atoms with van der Waals surface area (Å²) in [5, 5.41) is 20.7. The Morgan fingerprint density at radius 3 is 1.43 bits per heavy atom. The lowest BCUT2D eigenvalue weighted by molar-refractivity contribution is -0.144. The Kier molecular flexibility index (Phi) is 15.5. The van der Waals surface area contributed by atoms with Crippen LogP contribution in [-0.4, -0.2) is 143 Å². The van der Waals surface area contributed by atoms with Gasteiger partial charge in [0, 0.05) is 90.7 Å². The number of hydrogen-bond acceptors (Lipinski definition) is 12. The highest BCUT2D eigenvalue weighted by molar-refractivity contribution is 6.35. The molecular weight excluding hydrogens is 997 g/mol. The molecule has 6 heterocycles.